The molecule has 1 heterocycles. The van der Waals surface area contributed by atoms with Crippen molar-refractivity contribution in [1.29, 1.82) is 0 Å². The molecule has 0 aliphatic rings. The van der Waals surface area contributed by atoms with Crippen LogP contribution in [0, 0.1) is 0 Å². The third kappa shape index (κ3) is 9.54. The standard InChI is InChI=1S/C12H14ClF3N4O3.2ClH/c13-8-3-7(12(14,15)16)5-20-11(8)23-2-1-18-10(22)6-19-9(21)4-17;;/h3,5H,1-2,4,6,17H2,(H,18,22)(H,19,21);2*1H. The van der Waals surface area contributed by atoms with Gasteiger partial charge in [-0.05, 0) is 6.07 Å². The van der Waals surface area contributed by atoms with Crippen LogP contribution < -0.4 is 21.1 Å². The minimum atomic E-state index is -4.54. The number of ether oxygens (including phenoxy) is 1. The highest BCUT2D eigenvalue weighted by Crippen LogP contribution is 2.32. The molecule has 0 unspecified atom stereocenters. The molecule has 0 bridgehead atoms. The summed E-state index contributed by atoms with van der Waals surface area (Å²) >= 11 is 5.64. The molecule has 2 amide bonds. The van der Waals surface area contributed by atoms with E-state index in [0.29, 0.717) is 12.3 Å². The molecule has 0 saturated carbocycles. The van der Waals surface area contributed by atoms with Crippen molar-refractivity contribution in [3.63, 3.8) is 0 Å². The van der Waals surface area contributed by atoms with Gasteiger partial charge in [-0.2, -0.15) is 13.2 Å². The van der Waals surface area contributed by atoms with Gasteiger partial charge in [-0.25, -0.2) is 4.98 Å². The maximum atomic E-state index is 12.4. The van der Waals surface area contributed by atoms with Crippen molar-refractivity contribution in [2.45, 2.75) is 6.18 Å². The first-order valence-corrected chi connectivity index (χ1v) is 6.71. The van der Waals surface area contributed by atoms with Gasteiger partial charge < -0.3 is 21.1 Å². The number of hydrogen-bond donors (Lipinski definition) is 3. The molecule has 0 fully saturated rings. The van der Waals surface area contributed by atoms with E-state index in [2.05, 4.69) is 15.6 Å². The monoisotopic (exact) mass is 426 g/mol. The van der Waals surface area contributed by atoms with Gasteiger partial charge in [0.1, 0.15) is 11.6 Å². The third-order valence-corrected chi connectivity index (χ3v) is 2.70. The van der Waals surface area contributed by atoms with Crippen molar-refractivity contribution >= 4 is 48.2 Å². The van der Waals surface area contributed by atoms with Crippen molar-refractivity contribution in [2.24, 2.45) is 5.73 Å². The highest BCUT2D eigenvalue weighted by molar-refractivity contribution is 6.31. The molecular formula is C12H16Cl3F3N4O3. The van der Waals surface area contributed by atoms with E-state index in [-0.39, 0.29) is 62.0 Å². The summed E-state index contributed by atoms with van der Waals surface area (Å²) in [5.74, 6) is -1.12. The fourth-order valence-corrected chi connectivity index (χ4v) is 1.56. The maximum absolute atomic E-state index is 12.4. The minimum absolute atomic E-state index is 0. The summed E-state index contributed by atoms with van der Waals surface area (Å²) < 4.78 is 42.3. The Balaban J connectivity index is 0. The van der Waals surface area contributed by atoms with Crippen molar-refractivity contribution in [3.05, 3.63) is 22.8 Å². The first-order chi connectivity index (χ1) is 10.7. The highest BCUT2D eigenvalue weighted by atomic mass is 35.5. The molecule has 0 aromatic carbocycles. The summed E-state index contributed by atoms with van der Waals surface area (Å²) in [5.41, 5.74) is 4.06. The quantitative estimate of drug-likeness (QED) is 0.566. The number of alkyl halides is 3. The number of hydrogen-bond acceptors (Lipinski definition) is 5. The predicted molar refractivity (Wildman–Crippen MR) is 89.3 cm³/mol. The Hall–Kier alpha value is -1.49. The Morgan fingerprint density at radius 2 is 1.88 bits per heavy atom. The zero-order valence-electron chi connectivity index (χ0n) is 12.6. The molecule has 13 heteroatoms. The van der Waals surface area contributed by atoms with Gasteiger partial charge in [0.2, 0.25) is 17.7 Å². The molecule has 144 valence electrons. The second-order valence-electron chi connectivity index (χ2n) is 4.19. The first kappa shape index (κ1) is 25.7. The number of nitrogens with one attached hydrogen (secondary N) is 2. The molecule has 1 aromatic rings. The van der Waals surface area contributed by atoms with Gasteiger partial charge in [0.25, 0.3) is 0 Å². The summed E-state index contributed by atoms with van der Waals surface area (Å²) in [4.78, 5) is 25.6. The Labute approximate surface area is 158 Å². The normalized spacial score (nSPS) is 10.1. The second-order valence-corrected chi connectivity index (χ2v) is 4.60. The molecule has 1 rings (SSSR count). The number of aromatic nitrogens is 1. The fourth-order valence-electron chi connectivity index (χ4n) is 1.34. The van der Waals surface area contributed by atoms with Crippen LogP contribution in [-0.2, 0) is 15.8 Å². The zero-order chi connectivity index (χ0) is 17.5. The maximum Gasteiger partial charge on any atom is 0.417 e. The average Bonchev–Trinajstić information content (AvgIpc) is 2.49. The lowest BCUT2D eigenvalue weighted by atomic mass is 10.3. The first-order valence-electron chi connectivity index (χ1n) is 6.33. The summed E-state index contributed by atoms with van der Waals surface area (Å²) in [7, 11) is 0. The largest absolute Gasteiger partial charge is 0.475 e. The minimum Gasteiger partial charge on any atom is -0.475 e. The van der Waals surface area contributed by atoms with Crippen molar-refractivity contribution in [3.8, 4) is 5.88 Å². The van der Waals surface area contributed by atoms with E-state index in [4.69, 9.17) is 22.1 Å². The third-order valence-electron chi connectivity index (χ3n) is 2.43. The van der Waals surface area contributed by atoms with E-state index < -0.39 is 23.6 Å². The molecular weight excluding hydrogens is 412 g/mol. The molecule has 0 aliphatic heterocycles. The lowest BCUT2D eigenvalue weighted by molar-refractivity contribution is -0.137. The lowest BCUT2D eigenvalue weighted by Crippen LogP contribution is -2.40. The van der Waals surface area contributed by atoms with Gasteiger partial charge in [0.15, 0.2) is 0 Å². The topological polar surface area (TPSA) is 106 Å². The van der Waals surface area contributed by atoms with Crippen LogP contribution in [0.3, 0.4) is 0 Å². The van der Waals surface area contributed by atoms with E-state index in [1.165, 1.54) is 0 Å². The van der Waals surface area contributed by atoms with Crippen LogP contribution in [0.25, 0.3) is 0 Å². The smallest absolute Gasteiger partial charge is 0.417 e. The van der Waals surface area contributed by atoms with Gasteiger partial charge >= 0.3 is 6.18 Å². The van der Waals surface area contributed by atoms with Crippen LogP contribution in [0.15, 0.2) is 12.3 Å². The van der Waals surface area contributed by atoms with E-state index in [9.17, 15) is 22.8 Å². The number of amides is 2. The van der Waals surface area contributed by atoms with E-state index >= 15 is 0 Å². The van der Waals surface area contributed by atoms with Crippen molar-refractivity contribution in [2.75, 3.05) is 26.2 Å². The number of halogens is 6. The number of carbonyl (C=O) groups excluding carboxylic acids is 2. The molecule has 25 heavy (non-hydrogen) atoms. The molecule has 0 atom stereocenters. The van der Waals surface area contributed by atoms with E-state index in [0.717, 1.165) is 0 Å². The van der Waals surface area contributed by atoms with Gasteiger partial charge in [0, 0.05) is 6.20 Å². The summed E-state index contributed by atoms with van der Waals surface area (Å²) in [6, 6.07) is 0.699. The van der Waals surface area contributed by atoms with Crippen LogP contribution in [0.2, 0.25) is 5.02 Å². The molecule has 0 spiro atoms. The SMILES string of the molecule is Cl.Cl.NCC(=O)NCC(=O)NCCOc1ncc(C(F)(F)F)cc1Cl. The molecule has 0 saturated heterocycles. The molecule has 4 N–H and O–H groups in total. The Bertz CT molecular complexity index is 576. The second kappa shape index (κ2) is 12.0. The van der Waals surface area contributed by atoms with Crippen LogP contribution >= 0.6 is 36.4 Å². The van der Waals surface area contributed by atoms with Crippen molar-refractivity contribution in [1.82, 2.24) is 15.6 Å². The number of nitrogens with two attached hydrogens (primary N) is 1. The average molecular weight is 428 g/mol. The number of nitrogens with zero attached hydrogens (tertiary/aromatic N) is 1. The summed E-state index contributed by atoms with van der Waals surface area (Å²) in [5, 5.41) is 4.39. The lowest BCUT2D eigenvalue weighted by Gasteiger charge is -2.11. The Kier molecular flexibility index (Phi) is 12.3. The Morgan fingerprint density at radius 1 is 1.24 bits per heavy atom. The number of rotatable bonds is 7. The van der Waals surface area contributed by atoms with Crippen LogP contribution in [0.4, 0.5) is 13.2 Å². The molecule has 0 aliphatic carbocycles. The predicted octanol–water partition coefficient (Wildman–Crippen LogP) is 1.17. The van der Waals surface area contributed by atoms with Gasteiger partial charge in [-0.1, -0.05) is 11.6 Å². The van der Waals surface area contributed by atoms with Crippen LogP contribution in [0.5, 0.6) is 5.88 Å². The Morgan fingerprint density at radius 3 is 2.40 bits per heavy atom. The zero-order valence-corrected chi connectivity index (χ0v) is 14.9. The highest BCUT2D eigenvalue weighted by Gasteiger charge is 2.31. The summed E-state index contributed by atoms with van der Waals surface area (Å²) in [6.07, 6.45) is -3.95. The summed E-state index contributed by atoms with van der Waals surface area (Å²) in [6.45, 7) is -0.477. The van der Waals surface area contributed by atoms with Gasteiger partial charge in [0.05, 0.1) is 25.2 Å². The van der Waals surface area contributed by atoms with Crippen LogP contribution in [-0.4, -0.2) is 43.0 Å². The fraction of sp³-hybridized carbons (Fsp3) is 0.417. The number of carbonyl (C=O) groups is 2. The molecule has 0 radical (unpaired) electrons. The molecule has 7 nitrogen and oxygen atoms in total. The van der Waals surface area contributed by atoms with E-state index in [1.807, 2.05) is 0 Å². The van der Waals surface area contributed by atoms with Gasteiger partial charge in [-0.15, -0.1) is 24.8 Å². The van der Waals surface area contributed by atoms with Gasteiger partial charge in [-0.3, -0.25) is 9.59 Å². The van der Waals surface area contributed by atoms with Crippen molar-refractivity contribution < 1.29 is 27.5 Å². The van der Waals surface area contributed by atoms with E-state index in [1.54, 1.807) is 0 Å². The molecule has 1 aromatic heterocycles. The number of pyridine rings is 1. The van der Waals surface area contributed by atoms with Crippen LogP contribution in [0.1, 0.15) is 5.56 Å².